The summed E-state index contributed by atoms with van der Waals surface area (Å²) in [6.45, 7) is -0.352. The molecule has 0 atom stereocenters. The van der Waals surface area contributed by atoms with E-state index in [0.717, 1.165) is 6.07 Å². The van der Waals surface area contributed by atoms with E-state index in [1.165, 1.54) is 6.20 Å². The van der Waals surface area contributed by atoms with Crippen LogP contribution in [0.1, 0.15) is 5.56 Å². The van der Waals surface area contributed by atoms with Gasteiger partial charge in [-0.2, -0.15) is 0 Å². The summed E-state index contributed by atoms with van der Waals surface area (Å²) >= 11 is 1.86. The van der Waals surface area contributed by atoms with Gasteiger partial charge in [-0.05, 0) is 28.2 Å². The van der Waals surface area contributed by atoms with Crippen LogP contribution in [0.25, 0.3) is 0 Å². The Morgan fingerprint density at radius 3 is 2.64 bits per heavy atom. The highest BCUT2D eigenvalue weighted by atomic mass is 127. The second-order valence-corrected chi connectivity index (χ2v) is 3.48. The molecule has 0 amide bonds. The van der Waals surface area contributed by atoms with Crippen LogP contribution in [0.5, 0.6) is 5.88 Å². The second-order valence-electron chi connectivity index (χ2n) is 2.32. The molecule has 1 heterocycles. The molecule has 14 heavy (non-hydrogen) atoms. The first kappa shape index (κ1) is 11.5. The summed E-state index contributed by atoms with van der Waals surface area (Å²) in [6.07, 6.45) is -3.56. The van der Waals surface area contributed by atoms with Crippen molar-refractivity contribution in [3.05, 3.63) is 21.4 Å². The maximum absolute atomic E-state index is 11.8. The zero-order chi connectivity index (χ0) is 10.8. The monoisotopic (exact) mass is 319 g/mol. The highest BCUT2D eigenvalue weighted by Crippen LogP contribution is 2.23. The van der Waals surface area contributed by atoms with E-state index in [2.05, 4.69) is 9.72 Å². The highest BCUT2D eigenvalue weighted by molar-refractivity contribution is 14.1. The number of hydrogen-bond acceptors (Lipinski definition) is 3. The van der Waals surface area contributed by atoms with Gasteiger partial charge in [0.1, 0.15) is 0 Å². The fraction of sp³-hybridized carbons (Fsp3) is 0.286. The van der Waals surface area contributed by atoms with E-state index in [9.17, 15) is 13.2 Å². The van der Waals surface area contributed by atoms with Crippen molar-refractivity contribution in [1.29, 1.82) is 0 Å². The summed E-state index contributed by atoms with van der Waals surface area (Å²) in [6, 6.07) is 1.05. The van der Waals surface area contributed by atoms with Crippen molar-refractivity contribution >= 4 is 22.6 Å². The lowest BCUT2D eigenvalue weighted by molar-refractivity contribution is -0.276. The lowest BCUT2D eigenvalue weighted by Gasteiger charge is -2.08. The van der Waals surface area contributed by atoms with E-state index in [1.54, 1.807) is 0 Å². The van der Waals surface area contributed by atoms with E-state index in [1.807, 2.05) is 22.6 Å². The zero-order valence-electron chi connectivity index (χ0n) is 6.68. The van der Waals surface area contributed by atoms with Gasteiger partial charge in [-0.25, -0.2) is 4.98 Å². The van der Waals surface area contributed by atoms with Crippen molar-refractivity contribution < 1.29 is 23.0 Å². The Kier molecular flexibility index (Phi) is 3.53. The number of halogens is 4. The van der Waals surface area contributed by atoms with Crippen LogP contribution in [0.2, 0.25) is 0 Å². The van der Waals surface area contributed by atoms with Crippen LogP contribution in [0.3, 0.4) is 0 Å². The third-order valence-electron chi connectivity index (χ3n) is 1.30. The fourth-order valence-electron chi connectivity index (χ4n) is 0.754. The Labute approximate surface area is 91.0 Å². The molecule has 78 valence electrons. The van der Waals surface area contributed by atoms with Crippen LogP contribution in [-0.2, 0) is 6.61 Å². The first-order valence-corrected chi connectivity index (χ1v) is 4.51. The first-order chi connectivity index (χ1) is 6.42. The average molecular weight is 319 g/mol. The van der Waals surface area contributed by atoms with Crippen LogP contribution in [0.15, 0.2) is 12.3 Å². The fourth-order valence-corrected chi connectivity index (χ4v) is 1.22. The normalized spacial score (nSPS) is 11.5. The van der Waals surface area contributed by atoms with E-state index in [4.69, 9.17) is 5.11 Å². The Morgan fingerprint density at radius 1 is 1.50 bits per heavy atom. The molecule has 7 heteroatoms. The molecule has 0 bridgehead atoms. The van der Waals surface area contributed by atoms with Crippen molar-refractivity contribution in [3.63, 3.8) is 0 Å². The maximum atomic E-state index is 11.8. The van der Waals surface area contributed by atoms with Crippen molar-refractivity contribution in [2.24, 2.45) is 0 Å². The van der Waals surface area contributed by atoms with Crippen LogP contribution in [0.4, 0.5) is 13.2 Å². The molecule has 3 nitrogen and oxygen atoms in total. The molecular formula is C7H5F3INO2. The van der Waals surface area contributed by atoms with Gasteiger partial charge in [0.2, 0.25) is 5.88 Å². The number of rotatable bonds is 2. The molecular weight excluding hydrogens is 314 g/mol. The molecule has 0 unspecified atom stereocenters. The van der Waals surface area contributed by atoms with E-state index in [0.29, 0.717) is 9.13 Å². The molecule has 0 spiro atoms. The van der Waals surface area contributed by atoms with Gasteiger partial charge in [0, 0.05) is 15.8 Å². The predicted octanol–water partition coefficient (Wildman–Crippen LogP) is 2.08. The van der Waals surface area contributed by atoms with Crippen molar-refractivity contribution in [2.75, 3.05) is 0 Å². The highest BCUT2D eigenvalue weighted by Gasteiger charge is 2.31. The van der Waals surface area contributed by atoms with Gasteiger partial charge in [-0.3, -0.25) is 0 Å². The Balaban J connectivity index is 2.90. The van der Waals surface area contributed by atoms with Crippen LogP contribution < -0.4 is 4.74 Å². The summed E-state index contributed by atoms with van der Waals surface area (Å²) < 4.78 is 39.4. The lowest BCUT2D eigenvalue weighted by atomic mass is 10.3. The average Bonchev–Trinajstić information content (AvgIpc) is 2.06. The predicted molar refractivity (Wildman–Crippen MR) is 49.6 cm³/mol. The summed E-state index contributed by atoms with van der Waals surface area (Å²) in [4.78, 5) is 3.41. The SMILES string of the molecule is OCc1cc(OC(F)(F)F)ncc1I. The quantitative estimate of drug-likeness (QED) is 0.849. The van der Waals surface area contributed by atoms with Crippen molar-refractivity contribution in [1.82, 2.24) is 4.98 Å². The second kappa shape index (κ2) is 4.30. The van der Waals surface area contributed by atoms with E-state index in [-0.39, 0.29) is 6.61 Å². The minimum Gasteiger partial charge on any atom is -0.392 e. The van der Waals surface area contributed by atoms with Gasteiger partial charge >= 0.3 is 6.36 Å². The zero-order valence-corrected chi connectivity index (χ0v) is 8.83. The minimum atomic E-state index is -4.76. The molecule has 0 fully saturated rings. The molecule has 0 saturated carbocycles. The van der Waals surface area contributed by atoms with Gasteiger partial charge in [-0.15, -0.1) is 13.2 Å². The van der Waals surface area contributed by atoms with Gasteiger partial charge in [0.25, 0.3) is 0 Å². The maximum Gasteiger partial charge on any atom is 0.574 e. The largest absolute Gasteiger partial charge is 0.574 e. The molecule has 0 aliphatic carbocycles. The van der Waals surface area contributed by atoms with Gasteiger partial charge < -0.3 is 9.84 Å². The number of ether oxygens (including phenoxy) is 1. The van der Waals surface area contributed by atoms with Gasteiger partial charge in [0.05, 0.1) is 6.61 Å². The van der Waals surface area contributed by atoms with E-state index >= 15 is 0 Å². The van der Waals surface area contributed by atoms with Crippen LogP contribution in [0, 0.1) is 3.57 Å². The van der Waals surface area contributed by atoms with Crippen LogP contribution >= 0.6 is 22.6 Å². The van der Waals surface area contributed by atoms with Gasteiger partial charge in [0.15, 0.2) is 0 Å². The summed E-state index contributed by atoms with van der Waals surface area (Å²) in [5.41, 5.74) is 0.347. The number of alkyl halides is 3. The number of aromatic nitrogens is 1. The molecule has 1 rings (SSSR count). The summed E-state index contributed by atoms with van der Waals surface area (Å²) in [7, 11) is 0. The Morgan fingerprint density at radius 2 is 2.14 bits per heavy atom. The number of aliphatic hydroxyl groups is 1. The minimum absolute atomic E-state index is 0.347. The molecule has 1 N–H and O–H groups in total. The third kappa shape index (κ3) is 3.29. The standard InChI is InChI=1S/C7H5F3INO2/c8-7(9,10)14-6-1-4(3-13)5(11)2-12-6/h1-2,13H,3H2. The first-order valence-electron chi connectivity index (χ1n) is 3.43. The van der Waals surface area contributed by atoms with Gasteiger partial charge in [-0.1, -0.05) is 0 Å². The molecule has 0 aliphatic heterocycles. The topological polar surface area (TPSA) is 42.4 Å². The van der Waals surface area contributed by atoms with Crippen molar-refractivity contribution in [2.45, 2.75) is 13.0 Å². The third-order valence-corrected chi connectivity index (χ3v) is 2.27. The summed E-state index contributed by atoms with van der Waals surface area (Å²) in [5.74, 6) is -0.568. The Hall–Kier alpha value is -0.570. The Bertz CT molecular complexity index is 329. The van der Waals surface area contributed by atoms with E-state index < -0.39 is 12.2 Å². The lowest BCUT2D eigenvalue weighted by Crippen LogP contribution is -2.18. The number of aliphatic hydroxyl groups excluding tert-OH is 1. The molecule has 0 saturated heterocycles. The number of hydrogen-bond donors (Lipinski definition) is 1. The number of pyridine rings is 1. The molecule has 0 aliphatic rings. The smallest absolute Gasteiger partial charge is 0.392 e. The molecule has 1 aromatic heterocycles. The molecule has 1 aromatic rings. The molecule has 0 aromatic carbocycles. The van der Waals surface area contributed by atoms with Crippen LogP contribution in [-0.4, -0.2) is 16.5 Å². The molecule has 0 radical (unpaired) electrons. The summed E-state index contributed by atoms with van der Waals surface area (Å²) in [5, 5.41) is 8.77. The van der Waals surface area contributed by atoms with Crippen molar-refractivity contribution in [3.8, 4) is 5.88 Å². The number of nitrogens with zero attached hydrogens (tertiary/aromatic N) is 1.